The van der Waals surface area contributed by atoms with Crippen LogP contribution >= 0.6 is 0 Å². The molecule has 4 heteroatoms. The van der Waals surface area contributed by atoms with E-state index in [1.54, 1.807) is 56.6 Å². The molecule has 2 rings (SSSR count). The number of benzene rings is 2. The summed E-state index contributed by atoms with van der Waals surface area (Å²) < 4.78 is 0. The van der Waals surface area contributed by atoms with Crippen molar-refractivity contribution in [2.75, 3.05) is 14.1 Å². The highest BCUT2D eigenvalue weighted by Gasteiger charge is 2.18. The van der Waals surface area contributed by atoms with Crippen LogP contribution in [0.25, 0.3) is 11.1 Å². The summed E-state index contributed by atoms with van der Waals surface area (Å²) >= 11 is 0. The maximum atomic E-state index is 12.2. The van der Waals surface area contributed by atoms with Gasteiger partial charge in [-0.15, -0.1) is 0 Å². The van der Waals surface area contributed by atoms with Gasteiger partial charge < -0.3 is 10.0 Å². The van der Waals surface area contributed by atoms with Crippen LogP contribution in [0.2, 0.25) is 0 Å². The highest BCUT2D eigenvalue weighted by molar-refractivity contribution is 6.04. The van der Waals surface area contributed by atoms with Crippen molar-refractivity contribution in [3.8, 4) is 11.1 Å². The van der Waals surface area contributed by atoms with Crippen molar-refractivity contribution in [2.24, 2.45) is 0 Å². The van der Waals surface area contributed by atoms with Gasteiger partial charge >= 0.3 is 5.97 Å². The zero-order valence-electron chi connectivity index (χ0n) is 11.3. The average Bonchev–Trinajstić information content (AvgIpc) is 2.46. The standard InChI is InChI=1S/C16H15NO3/c1-17(2)15(18)13-9-5-3-7-11(13)12-8-4-6-10-14(12)16(19)20/h3-10H,1-2H3,(H,19,20). The Bertz CT molecular complexity index is 662. The van der Waals surface area contributed by atoms with Gasteiger partial charge in [-0.1, -0.05) is 36.4 Å². The van der Waals surface area contributed by atoms with E-state index in [1.807, 2.05) is 0 Å². The van der Waals surface area contributed by atoms with E-state index >= 15 is 0 Å². The summed E-state index contributed by atoms with van der Waals surface area (Å²) in [5, 5.41) is 9.27. The molecule has 1 N–H and O–H groups in total. The lowest BCUT2D eigenvalue weighted by Gasteiger charge is -2.15. The lowest BCUT2D eigenvalue weighted by atomic mass is 9.95. The Kier molecular flexibility index (Phi) is 3.84. The van der Waals surface area contributed by atoms with Crippen molar-refractivity contribution in [3.63, 3.8) is 0 Å². The molecule has 0 radical (unpaired) electrons. The molecule has 4 nitrogen and oxygen atoms in total. The van der Waals surface area contributed by atoms with Crippen LogP contribution in [0.1, 0.15) is 20.7 Å². The molecule has 0 atom stereocenters. The van der Waals surface area contributed by atoms with Crippen LogP contribution in [0, 0.1) is 0 Å². The molecule has 0 unspecified atom stereocenters. The lowest BCUT2D eigenvalue weighted by molar-refractivity contribution is 0.0697. The molecule has 0 heterocycles. The van der Waals surface area contributed by atoms with E-state index in [4.69, 9.17) is 0 Å². The molecule has 0 aromatic heterocycles. The Morgan fingerprint density at radius 3 is 1.80 bits per heavy atom. The second kappa shape index (κ2) is 5.57. The first-order chi connectivity index (χ1) is 9.52. The van der Waals surface area contributed by atoms with E-state index in [-0.39, 0.29) is 11.5 Å². The first-order valence-electron chi connectivity index (χ1n) is 6.15. The number of carboxylic acid groups (broad SMARTS) is 1. The van der Waals surface area contributed by atoms with E-state index < -0.39 is 5.97 Å². The van der Waals surface area contributed by atoms with Crippen LogP contribution in [0.15, 0.2) is 48.5 Å². The van der Waals surface area contributed by atoms with E-state index in [1.165, 1.54) is 11.0 Å². The smallest absolute Gasteiger partial charge is 0.336 e. The average molecular weight is 269 g/mol. The Balaban J connectivity index is 2.65. The van der Waals surface area contributed by atoms with Gasteiger partial charge in [-0.05, 0) is 23.3 Å². The van der Waals surface area contributed by atoms with Crippen molar-refractivity contribution in [3.05, 3.63) is 59.7 Å². The normalized spacial score (nSPS) is 10.1. The molecule has 0 bridgehead atoms. The third-order valence-electron chi connectivity index (χ3n) is 3.01. The van der Waals surface area contributed by atoms with E-state index in [0.29, 0.717) is 16.7 Å². The molecule has 0 aliphatic heterocycles. The molecular formula is C16H15NO3. The first kappa shape index (κ1) is 13.8. The molecule has 102 valence electrons. The summed E-state index contributed by atoms with van der Waals surface area (Å²) in [6, 6.07) is 13.7. The number of hydrogen-bond donors (Lipinski definition) is 1. The largest absolute Gasteiger partial charge is 0.478 e. The number of carbonyl (C=O) groups excluding carboxylic acids is 1. The van der Waals surface area contributed by atoms with Crippen LogP contribution in [-0.4, -0.2) is 36.0 Å². The minimum Gasteiger partial charge on any atom is -0.478 e. The number of carboxylic acids is 1. The molecular weight excluding hydrogens is 254 g/mol. The minimum atomic E-state index is -1.01. The number of amides is 1. The topological polar surface area (TPSA) is 57.6 Å². The molecule has 2 aromatic carbocycles. The van der Waals surface area contributed by atoms with Crippen LogP contribution in [0.4, 0.5) is 0 Å². The van der Waals surface area contributed by atoms with Gasteiger partial charge in [-0.2, -0.15) is 0 Å². The van der Waals surface area contributed by atoms with Crippen LogP contribution in [-0.2, 0) is 0 Å². The lowest BCUT2D eigenvalue weighted by Crippen LogP contribution is -2.22. The molecule has 0 aliphatic carbocycles. The second-order valence-corrected chi connectivity index (χ2v) is 4.60. The number of aromatic carboxylic acids is 1. The van der Waals surface area contributed by atoms with Crippen molar-refractivity contribution < 1.29 is 14.7 Å². The predicted molar refractivity (Wildman–Crippen MR) is 76.9 cm³/mol. The maximum absolute atomic E-state index is 12.2. The van der Waals surface area contributed by atoms with Crippen LogP contribution in [0.5, 0.6) is 0 Å². The fourth-order valence-electron chi connectivity index (χ4n) is 2.05. The number of nitrogens with zero attached hydrogens (tertiary/aromatic N) is 1. The first-order valence-corrected chi connectivity index (χ1v) is 6.15. The van der Waals surface area contributed by atoms with E-state index in [2.05, 4.69) is 0 Å². The number of rotatable bonds is 3. The molecule has 0 fully saturated rings. The Morgan fingerprint density at radius 1 is 0.850 bits per heavy atom. The summed E-state index contributed by atoms with van der Waals surface area (Å²) in [5.41, 5.74) is 1.85. The highest BCUT2D eigenvalue weighted by atomic mass is 16.4. The molecule has 0 saturated heterocycles. The maximum Gasteiger partial charge on any atom is 0.336 e. The van der Waals surface area contributed by atoms with Gasteiger partial charge in [0.1, 0.15) is 0 Å². The molecule has 1 amide bonds. The van der Waals surface area contributed by atoms with Gasteiger partial charge in [0, 0.05) is 19.7 Å². The zero-order chi connectivity index (χ0) is 14.7. The summed E-state index contributed by atoms with van der Waals surface area (Å²) in [6.07, 6.45) is 0. The Morgan fingerprint density at radius 2 is 1.30 bits per heavy atom. The molecule has 2 aromatic rings. The van der Waals surface area contributed by atoms with E-state index in [9.17, 15) is 14.7 Å². The fourth-order valence-corrected chi connectivity index (χ4v) is 2.05. The number of hydrogen-bond acceptors (Lipinski definition) is 2. The van der Waals surface area contributed by atoms with Crippen molar-refractivity contribution in [1.29, 1.82) is 0 Å². The van der Waals surface area contributed by atoms with Crippen molar-refractivity contribution >= 4 is 11.9 Å². The molecule has 0 aliphatic rings. The van der Waals surface area contributed by atoms with Crippen LogP contribution in [0.3, 0.4) is 0 Å². The van der Waals surface area contributed by atoms with Gasteiger partial charge in [0.05, 0.1) is 5.56 Å². The SMILES string of the molecule is CN(C)C(=O)c1ccccc1-c1ccccc1C(=O)O. The molecule has 0 spiro atoms. The summed E-state index contributed by atoms with van der Waals surface area (Å²) in [6.45, 7) is 0. The third kappa shape index (κ3) is 2.54. The van der Waals surface area contributed by atoms with Gasteiger partial charge in [-0.3, -0.25) is 4.79 Å². The van der Waals surface area contributed by atoms with Gasteiger partial charge in [-0.25, -0.2) is 4.79 Å². The van der Waals surface area contributed by atoms with Crippen molar-refractivity contribution in [1.82, 2.24) is 4.90 Å². The minimum absolute atomic E-state index is 0.152. The highest BCUT2D eigenvalue weighted by Crippen LogP contribution is 2.27. The third-order valence-corrected chi connectivity index (χ3v) is 3.01. The van der Waals surface area contributed by atoms with Gasteiger partial charge in [0.15, 0.2) is 0 Å². The Labute approximate surface area is 117 Å². The van der Waals surface area contributed by atoms with Gasteiger partial charge in [0.2, 0.25) is 0 Å². The summed E-state index contributed by atoms with van der Waals surface area (Å²) in [7, 11) is 3.34. The van der Waals surface area contributed by atoms with Crippen LogP contribution < -0.4 is 0 Å². The summed E-state index contributed by atoms with van der Waals surface area (Å²) in [5.74, 6) is -1.16. The number of carbonyl (C=O) groups is 2. The van der Waals surface area contributed by atoms with E-state index in [0.717, 1.165) is 0 Å². The zero-order valence-corrected chi connectivity index (χ0v) is 11.3. The monoisotopic (exact) mass is 269 g/mol. The Hall–Kier alpha value is -2.62. The molecule has 0 saturated carbocycles. The fraction of sp³-hybridized carbons (Fsp3) is 0.125. The second-order valence-electron chi connectivity index (χ2n) is 4.60. The summed E-state index contributed by atoms with van der Waals surface area (Å²) in [4.78, 5) is 25.0. The van der Waals surface area contributed by atoms with Gasteiger partial charge in [0.25, 0.3) is 5.91 Å². The van der Waals surface area contributed by atoms with Crippen molar-refractivity contribution in [2.45, 2.75) is 0 Å². The predicted octanol–water partition coefficient (Wildman–Crippen LogP) is 2.75. The molecule has 20 heavy (non-hydrogen) atoms. The quantitative estimate of drug-likeness (QED) is 0.932.